The van der Waals surface area contributed by atoms with Gasteiger partial charge in [0.15, 0.2) is 0 Å². The van der Waals surface area contributed by atoms with Gasteiger partial charge >= 0.3 is 6.03 Å². The average molecular weight is 380 g/mol. The molecular formula is C21H24N4O3. The summed E-state index contributed by atoms with van der Waals surface area (Å²) < 4.78 is 0. The summed E-state index contributed by atoms with van der Waals surface area (Å²) in [6.45, 7) is 2.87. The highest BCUT2D eigenvalue weighted by Crippen LogP contribution is 2.48. The lowest BCUT2D eigenvalue weighted by Crippen LogP contribution is -2.72. The SMILES string of the molecule is CCCNC(=O)N1[C@H](CO)[C@@H]2c3ccccc3N(C(=O)c3cccnc3)C[C@@H]21. The Hall–Kier alpha value is -2.93. The van der Waals surface area contributed by atoms with Gasteiger partial charge in [-0.2, -0.15) is 0 Å². The molecule has 0 bridgehead atoms. The van der Waals surface area contributed by atoms with Crippen molar-refractivity contribution in [3.63, 3.8) is 0 Å². The van der Waals surface area contributed by atoms with E-state index >= 15 is 0 Å². The van der Waals surface area contributed by atoms with E-state index in [1.54, 1.807) is 34.3 Å². The lowest BCUT2D eigenvalue weighted by Gasteiger charge is -2.58. The summed E-state index contributed by atoms with van der Waals surface area (Å²) in [6.07, 6.45) is 4.03. The third-order valence-corrected chi connectivity index (χ3v) is 5.60. The number of likely N-dealkylation sites (tertiary alicyclic amines) is 1. The number of aromatic nitrogens is 1. The molecule has 1 aromatic heterocycles. The smallest absolute Gasteiger partial charge is 0.318 e. The average Bonchev–Trinajstić information content (AvgIpc) is 2.72. The van der Waals surface area contributed by atoms with Crippen molar-refractivity contribution >= 4 is 17.6 Å². The molecule has 7 heteroatoms. The number of hydrogen-bond acceptors (Lipinski definition) is 4. The molecule has 1 saturated heterocycles. The topological polar surface area (TPSA) is 85.8 Å². The van der Waals surface area contributed by atoms with Crippen LogP contribution in [0, 0.1) is 0 Å². The zero-order valence-electron chi connectivity index (χ0n) is 15.8. The van der Waals surface area contributed by atoms with Crippen molar-refractivity contribution in [2.45, 2.75) is 31.3 Å². The number of benzene rings is 1. The van der Waals surface area contributed by atoms with Crippen LogP contribution >= 0.6 is 0 Å². The van der Waals surface area contributed by atoms with Crippen molar-refractivity contribution in [3.8, 4) is 0 Å². The second kappa shape index (κ2) is 7.59. The first-order valence-corrected chi connectivity index (χ1v) is 9.65. The molecule has 0 saturated carbocycles. The molecule has 3 atom stereocenters. The fourth-order valence-electron chi connectivity index (χ4n) is 4.33. The van der Waals surface area contributed by atoms with Gasteiger partial charge in [-0.3, -0.25) is 9.78 Å². The van der Waals surface area contributed by atoms with Gasteiger partial charge in [-0.25, -0.2) is 4.79 Å². The summed E-state index contributed by atoms with van der Waals surface area (Å²) in [7, 11) is 0. The largest absolute Gasteiger partial charge is 0.394 e. The van der Waals surface area contributed by atoms with Crippen LogP contribution in [0.5, 0.6) is 0 Å². The molecule has 146 valence electrons. The molecule has 0 spiro atoms. The second-order valence-electron chi connectivity index (χ2n) is 7.20. The molecule has 2 N–H and O–H groups in total. The van der Waals surface area contributed by atoms with Gasteiger partial charge in [0.2, 0.25) is 0 Å². The van der Waals surface area contributed by atoms with Crippen molar-refractivity contribution in [2.24, 2.45) is 0 Å². The van der Waals surface area contributed by atoms with Crippen LogP contribution in [0.4, 0.5) is 10.5 Å². The van der Waals surface area contributed by atoms with E-state index in [4.69, 9.17) is 0 Å². The summed E-state index contributed by atoms with van der Waals surface area (Å²) >= 11 is 0. The molecule has 2 aromatic rings. The molecule has 2 aliphatic heterocycles. The maximum absolute atomic E-state index is 13.2. The minimum atomic E-state index is -0.279. The van der Waals surface area contributed by atoms with Gasteiger partial charge in [-0.15, -0.1) is 0 Å². The number of aliphatic hydroxyl groups excluding tert-OH is 1. The Bertz CT molecular complexity index is 873. The van der Waals surface area contributed by atoms with Crippen molar-refractivity contribution < 1.29 is 14.7 Å². The van der Waals surface area contributed by atoms with Crippen LogP contribution in [-0.2, 0) is 0 Å². The first kappa shape index (κ1) is 18.4. The van der Waals surface area contributed by atoms with Crippen LogP contribution in [0.25, 0.3) is 0 Å². The number of urea groups is 1. The van der Waals surface area contributed by atoms with Gasteiger partial charge in [0.05, 0.1) is 24.3 Å². The van der Waals surface area contributed by atoms with Crippen LogP contribution < -0.4 is 10.2 Å². The molecule has 3 heterocycles. The monoisotopic (exact) mass is 380 g/mol. The Kier molecular flexibility index (Phi) is 5.00. The number of anilines is 1. The Morgan fingerprint density at radius 3 is 2.79 bits per heavy atom. The molecule has 1 aromatic carbocycles. The number of para-hydroxylation sites is 1. The molecule has 0 unspecified atom stereocenters. The molecule has 4 rings (SSSR count). The lowest BCUT2D eigenvalue weighted by atomic mass is 9.72. The van der Waals surface area contributed by atoms with Crippen molar-refractivity contribution in [2.75, 3.05) is 24.6 Å². The first-order chi connectivity index (χ1) is 13.7. The number of carbonyl (C=O) groups excluding carboxylic acids is 2. The number of rotatable bonds is 4. The van der Waals surface area contributed by atoms with E-state index in [2.05, 4.69) is 10.3 Å². The molecule has 3 amide bonds. The predicted molar refractivity (Wildman–Crippen MR) is 105 cm³/mol. The van der Waals surface area contributed by atoms with E-state index < -0.39 is 0 Å². The molecule has 0 radical (unpaired) electrons. The number of hydrogen-bond donors (Lipinski definition) is 2. The highest BCUT2D eigenvalue weighted by molar-refractivity contribution is 6.07. The van der Waals surface area contributed by atoms with Gasteiger partial charge in [0, 0.05) is 37.1 Å². The van der Waals surface area contributed by atoms with Crippen molar-refractivity contribution in [3.05, 3.63) is 59.9 Å². The minimum absolute atomic E-state index is 0.0199. The maximum atomic E-state index is 13.2. The molecule has 7 nitrogen and oxygen atoms in total. The zero-order chi connectivity index (χ0) is 19.7. The molecule has 28 heavy (non-hydrogen) atoms. The quantitative estimate of drug-likeness (QED) is 0.849. The number of nitrogens with one attached hydrogen (secondary N) is 1. The number of carbonyl (C=O) groups is 2. The molecule has 1 fully saturated rings. The summed E-state index contributed by atoms with van der Waals surface area (Å²) in [6, 6.07) is 10.6. The highest BCUT2D eigenvalue weighted by Gasteiger charge is 2.55. The highest BCUT2D eigenvalue weighted by atomic mass is 16.3. The van der Waals surface area contributed by atoms with Crippen LogP contribution in [0.3, 0.4) is 0 Å². The van der Waals surface area contributed by atoms with Gasteiger partial charge in [0.1, 0.15) is 0 Å². The van der Waals surface area contributed by atoms with Gasteiger partial charge in [-0.1, -0.05) is 25.1 Å². The van der Waals surface area contributed by atoms with E-state index in [1.807, 2.05) is 31.2 Å². The Labute approximate surface area is 164 Å². The Morgan fingerprint density at radius 1 is 1.25 bits per heavy atom. The Morgan fingerprint density at radius 2 is 2.07 bits per heavy atom. The fourth-order valence-corrected chi connectivity index (χ4v) is 4.33. The lowest BCUT2D eigenvalue weighted by molar-refractivity contribution is -0.00750. The van der Waals surface area contributed by atoms with Crippen LogP contribution in [0.1, 0.15) is 35.2 Å². The standard InChI is InChI=1S/C21H24N4O3/c1-2-9-23-21(28)25-17-12-24(20(27)14-6-5-10-22-11-14)16-8-4-3-7-15(16)19(17)18(25)13-26/h3-8,10-11,17-19,26H,2,9,12-13H2,1H3,(H,23,28)/t17-,18+,19+/m0/s1. The molecule has 2 aliphatic rings. The van der Waals surface area contributed by atoms with Gasteiger partial charge in [0.25, 0.3) is 5.91 Å². The normalized spacial score (nSPS) is 22.7. The van der Waals surface area contributed by atoms with E-state index in [1.165, 1.54) is 0 Å². The minimum Gasteiger partial charge on any atom is -0.394 e. The third-order valence-electron chi connectivity index (χ3n) is 5.60. The van der Waals surface area contributed by atoms with E-state index in [9.17, 15) is 14.7 Å². The van der Waals surface area contributed by atoms with Crippen LogP contribution in [0.15, 0.2) is 48.8 Å². The van der Waals surface area contributed by atoms with E-state index in [0.717, 1.165) is 17.7 Å². The summed E-state index contributed by atoms with van der Waals surface area (Å²) in [5.41, 5.74) is 2.34. The van der Waals surface area contributed by atoms with Crippen molar-refractivity contribution in [1.82, 2.24) is 15.2 Å². The molecule has 0 aliphatic carbocycles. The fraction of sp³-hybridized carbons (Fsp3) is 0.381. The zero-order valence-corrected chi connectivity index (χ0v) is 15.8. The Balaban J connectivity index is 1.68. The van der Waals surface area contributed by atoms with Crippen LogP contribution in [-0.4, -0.2) is 58.7 Å². The molecular weight excluding hydrogens is 356 g/mol. The van der Waals surface area contributed by atoms with Gasteiger partial charge < -0.3 is 20.2 Å². The number of nitrogens with zero attached hydrogens (tertiary/aromatic N) is 3. The number of amides is 3. The predicted octanol–water partition coefficient (Wildman–Crippen LogP) is 1.99. The number of pyridine rings is 1. The summed E-state index contributed by atoms with van der Waals surface area (Å²) in [4.78, 5) is 33.3. The van der Waals surface area contributed by atoms with Crippen LogP contribution in [0.2, 0.25) is 0 Å². The first-order valence-electron chi connectivity index (χ1n) is 9.65. The van der Waals surface area contributed by atoms with E-state index in [-0.39, 0.29) is 36.5 Å². The second-order valence-corrected chi connectivity index (χ2v) is 7.20. The number of aliphatic hydroxyl groups is 1. The van der Waals surface area contributed by atoms with Gasteiger partial charge in [-0.05, 0) is 30.2 Å². The third kappa shape index (κ3) is 2.92. The summed E-state index contributed by atoms with van der Waals surface area (Å²) in [5, 5.41) is 12.8. The maximum Gasteiger partial charge on any atom is 0.318 e. The van der Waals surface area contributed by atoms with E-state index in [0.29, 0.717) is 18.7 Å². The van der Waals surface area contributed by atoms with Crippen molar-refractivity contribution in [1.29, 1.82) is 0 Å². The number of fused-ring (bicyclic) bond motifs is 3. The summed E-state index contributed by atoms with van der Waals surface area (Å²) in [5.74, 6) is -0.119.